The molecule has 0 bridgehead atoms. The Balaban J connectivity index is 5.60. The summed E-state index contributed by atoms with van der Waals surface area (Å²) in [7, 11) is -9.04. The van der Waals surface area contributed by atoms with E-state index in [2.05, 4.69) is 73.1 Å². The fourth-order valence-electron chi connectivity index (χ4n) is 4.01. The lowest BCUT2D eigenvalue weighted by Crippen LogP contribution is -2.61. The molecule has 7 nitrogen and oxygen atoms in total. The van der Waals surface area contributed by atoms with E-state index in [1.807, 2.05) is 6.55 Å². The van der Waals surface area contributed by atoms with Crippen LogP contribution in [0, 0.1) is 5.41 Å². The van der Waals surface area contributed by atoms with Gasteiger partial charge in [-0.2, -0.15) is 0 Å². The molecule has 1 atom stereocenters. The molecule has 0 saturated heterocycles. The van der Waals surface area contributed by atoms with Gasteiger partial charge in [-0.15, -0.1) is 0 Å². The number of hydrogen-bond donors (Lipinski definition) is 1. The summed E-state index contributed by atoms with van der Waals surface area (Å²) in [6.07, 6.45) is 2.34. The van der Waals surface area contributed by atoms with E-state index in [4.69, 9.17) is 22.2 Å². The monoisotopic (exact) mass is 508 g/mol. The van der Waals surface area contributed by atoms with Crippen molar-refractivity contribution in [3.63, 3.8) is 0 Å². The molecule has 0 fully saturated rings. The Morgan fingerprint density at radius 1 is 0.839 bits per heavy atom. The lowest BCUT2D eigenvalue weighted by atomic mass is 9.90. The highest BCUT2D eigenvalue weighted by atomic mass is 28.5. The summed E-state index contributed by atoms with van der Waals surface area (Å²) >= 11 is 0. The molecule has 0 rings (SSSR count). The zero-order valence-electron chi connectivity index (χ0n) is 21.5. The van der Waals surface area contributed by atoms with E-state index in [0.717, 1.165) is 12.2 Å². The van der Waals surface area contributed by atoms with Crippen molar-refractivity contribution in [1.82, 2.24) is 0 Å². The molecule has 1 N–H and O–H groups in total. The topological polar surface area (TPSA) is 91.3 Å². The van der Waals surface area contributed by atoms with Crippen molar-refractivity contribution in [2.24, 2.45) is 5.41 Å². The summed E-state index contributed by atoms with van der Waals surface area (Å²) in [5.41, 5.74) is 0.0886. The van der Waals surface area contributed by atoms with Crippen LogP contribution in [0.1, 0.15) is 27.2 Å². The van der Waals surface area contributed by atoms with E-state index in [0.29, 0.717) is 6.42 Å². The molecule has 0 heterocycles. The van der Waals surface area contributed by atoms with Gasteiger partial charge in [-0.3, -0.25) is 0 Å². The van der Waals surface area contributed by atoms with Gasteiger partial charge in [0.15, 0.2) is 25.0 Å². The number of carbonyl (C=O) groups is 2. The van der Waals surface area contributed by atoms with Gasteiger partial charge in [-0.05, 0) is 69.8 Å². The molecular formula is C20H44O7Si4. The Labute approximate surface area is 193 Å². The Hall–Kier alpha value is -0.572. The summed E-state index contributed by atoms with van der Waals surface area (Å²) in [5.74, 6) is -1.83. The highest BCUT2D eigenvalue weighted by molar-refractivity contribution is 6.90. The number of aliphatic carboxylic acids is 1. The van der Waals surface area contributed by atoms with Crippen LogP contribution in [0.15, 0.2) is 12.2 Å². The number of esters is 1. The maximum atomic E-state index is 11.8. The van der Waals surface area contributed by atoms with Gasteiger partial charge >= 0.3 is 20.7 Å². The Morgan fingerprint density at radius 2 is 1.29 bits per heavy atom. The Morgan fingerprint density at radius 3 is 1.65 bits per heavy atom. The third kappa shape index (κ3) is 13.5. The van der Waals surface area contributed by atoms with Gasteiger partial charge in [0, 0.05) is 18.7 Å². The number of ether oxygens (including phenoxy) is 1. The predicted molar refractivity (Wildman–Crippen MR) is 135 cm³/mol. The Kier molecular flexibility index (Phi) is 10.8. The number of carboxylic acids is 1. The molecule has 0 aromatic heterocycles. The third-order valence-electron chi connectivity index (χ3n) is 4.33. The van der Waals surface area contributed by atoms with Gasteiger partial charge in [-0.1, -0.05) is 20.8 Å². The number of hydrogen-bond acceptors (Lipinski definition) is 6. The minimum absolute atomic E-state index is 0.0767. The van der Waals surface area contributed by atoms with Crippen LogP contribution in [0.25, 0.3) is 0 Å². The van der Waals surface area contributed by atoms with Crippen molar-refractivity contribution in [2.45, 2.75) is 91.7 Å². The Bertz CT molecular complexity index is 627. The normalized spacial score (nSPS) is 15.2. The molecule has 0 saturated carbocycles. The molecule has 0 aliphatic heterocycles. The zero-order chi connectivity index (χ0) is 24.9. The minimum atomic E-state index is -2.88. The fourth-order valence-corrected chi connectivity index (χ4v) is 21.8. The number of carboxylic acid groups (broad SMARTS) is 1. The third-order valence-corrected chi connectivity index (χ3v) is 18.6. The molecule has 0 aliphatic rings. The van der Waals surface area contributed by atoms with Crippen LogP contribution in [0.3, 0.4) is 0 Å². The molecular weight excluding hydrogens is 465 g/mol. The number of rotatable bonds is 12. The van der Waals surface area contributed by atoms with Crippen LogP contribution in [0.2, 0.25) is 64.5 Å². The highest BCUT2D eigenvalue weighted by Gasteiger charge is 2.51. The van der Waals surface area contributed by atoms with Gasteiger partial charge < -0.3 is 22.2 Å². The molecule has 0 aromatic rings. The van der Waals surface area contributed by atoms with E-state index in [9.17, 15) is 9.59 Å². The van der Waals surface area contributed by atoms with Crippen LogP contribution in [-0.4, -0.2) is 57.4 Å². The highest BCUT2D eigenvalue weighted by Crippen LogP contribution is 2.44. The van der Waals surface area contributed by atoms with Crippen molar-refractivity contribution in [3.8, 4) is 0 Å². The molecule has 1 unspecified atom stereocenters. The molecule has 11 heteroatoms. The first kappa shape index (κ1) is 30.4. The van der Waals surface area contributed by atoms with Gasteiger partial charge in [0.2, 0.25) is 0 Å². The fraction of sp³-hybridized carbons (Fsp3) is 0.800. The quantitative estimate of drug-likeness (QED) is 0.212. The molecule has 0 aromatic carbocycles. The van der Waals surface area contributed by atoms with Crippen molar-refractivity contribution in [2.75, 3.05) is 6.61 Å². The van der Waals surface area contributed by atoms with Crippen LogP contribution < -0.4 is 0 Å². The van der Waals surface area contributed by atoms with Crippen molar-refractivity contribution in [3.05, 3.63) is 12.2 Å². The van der Waals surface area contributed by atoms with Gasteiger partial charge in [-0.25, -0.2) is 9.59 Å². The second kappa shape index (κ2) is 11.0. The minimum Gasteiger partial charge on any atom is -0.478 e. The molecule has 0 amide bonds. The standard InChI is InChI=1S/C20H44O7Si4/c1-20(2,3)17(15-16-24-19(23)14-13-18(21)22)30(10,11)27-31(12,25-28(4,5)6)26-29(7,8)9/h13-14,17H,15-16H2,1-12H3,(H,21,22). The van der Waals surface area contributed by atoms with E-state index in [1.165, 1.54) is 0 Å². The summed E-state index contributed by atoms with van der Waals surface area (Å²) in [4.78, 5) is 22.3. The van der Waals surface area contributed by atoms with Crippen molar-refractivity contribution in [1.29, 1.82) is 0 Å². The lowest BCUT2D eigenvalue weighted by Gasteiger charge is -2.47. The van der Waals surface area contributed by atoms with Crippen LogP contribution in [0.5, 0.6) is 0 Å². The first-order valence-electron chi connectivity index (χ1n) is 10.7. The first-order valence-corrected chi connectivity index (χ1v) is 22.8. The SMILES string of the molecule is CC(C)(C)C(CCOC(=O)C=CC(=O)O)[Si](C)(C)O[Si](C)(O[Si](C)(C)C)O[Si](C)(C)C. The summed E-state index contributed by atoms with van der Waals surface area (Å²) in [6.45, 7) is 26.0. The average Bonchev–Trinajstić information content (AvgIpc) is 2.42. The maximum Gasteiger partial charge on any atom is 0.466 e. The first-order chi connectivity index (χ1) is 13.6. The van der Waals surface area contributed by atoms with Gasteiger partial charge in [0.05, 0.1) is 6.61 Å². The average molecular weight is 509 g/mol. The van der Waals surface area contributed by atoms with E-state index in [-0.39, 0.29) is 17.6 Å². The molecule has 0 radical (unpaired) electrons. The maximum absolute atomic E-state index is 11.8. The summed E-state index contributed by atoms with van der Waals surface area (Å²) in [5, 5.41) is 8.64. The second-order valence-corrected chi connectivity index (χ2v) is 28.1. The number of carbonyl (C=O) groups excluding carboxylic acids is 1. The van der Waals surface area contributed by atoms with E-state index < -0.39 is 45.7 Å². The van der Waals surface area contributed by atoms with Crippen molar-refractivity contribution < 1.29 is 31.8 Å². The van der Waals surface area contributed by atoms with Gasteiger partial charge in [0.1, 0.15) is 0 Å². The lowest BCUT2D eigenvalue weighted by molar-refractivity contribution is -0.139. The van der Waals surface area contributed by atoms with E-state index in [1.54, 1.807) is 0 Å². The molecule has 0 aliphatic carbocycles. The molecule has 31 heavy (non-hydrogen) atoms. The van der Waals surface area contributed by atoms with E-state index >= 15 is 0 Å². The summed E-state index contributed by atoms with van der Waals surface area (Å²) in [6, 6.07) is 0. The van der Waals surface area contributed by atoms with Crippen LogP contribution >= 0.6 is 0 Å². The van der Waals surface area contributed by atoms with Gasteiger partial charge in [0.25, 0.3) is 0 Å². The molecule has 182 valence electrons. The van der Waals surface area contributed by atoms with Crippen LogP contribution in [-0.2, 0) is 26.7 Å². The van der Waals surface area contributed by atoms with Crippen molar-refractivity contribution >= 4 is 45.7 Å². The second-order valence-electron chi connectivity index (χ2n) is 11.5. The molecule has 0 spiro atoms. The zero-order valence-corrected chi connectivity index (χ0v) is 25.5. The predicted octanol–water partition coefficient (Wildman–Crippen LogP) is 5.47. The largest absolute Gasteiger partial charge is 0.478 e. The summed E-state index contributed by atoms with van der Waals surface area (Å²) < 4.78 is 25.2. The smallest absolute Gasteiger partial charge is 0.466 e. The van der Waals surface area contributed by atoms with Crippen LogP contribution in [0.4, 0.5) is 0 Å².